The van der Waals surface area contributed by atoms with Crippen molar-refractivity contribution in [3.8, 4) is 0 Å². The highest BCUT2D eigenvalue weighted by molar-refractivity contribution is 7.93. The molecule has 0 aliphatic heterocycles. The first kappa shape index (κ1) is 18.9. The predicted octanol–water partition coefficient (Wildman–Crippen LogP) is 1.74. The van der Waals surface area contributed by atoms with Crippen molar-refractivity contribution in [3.05, 3.63) is 0 Å². The molecule has 0 radical (unpaired) electrons. The highest BCUT2D eigenvalue weighted by Gasteiger charge is 2.34. The molecule has 0 aromatic rings. The Morgan fingerprint density at radius 2 is 1.64 bits per heavy atom. The van der Waals surface area contributed by atoms with Crippen LogP contribution in [0.2, 0.25) is 0 Å². The summed E-state index contributed by atoms with van der Waals surface area (Å²) in [5, 5.41) is 12.0. The number of carbonyl (C=O) groups is 2. The van der Waals surface area contributed by atoms with E-state index in [1.165, 1.54) is 0 Å². The summed E-state index contributed by atoms with van der Waals surface area (Å²) in [5.41, 5.74) is 0. The van der Waals surface area contributed by atoms with Gasteiger partial charge in [-0.3, -0.25) is 9.59 Å². The third-order valence-corrected chi connectivity index (χ3v) is 6.69. The smallest absolute Gasteiger partial charge is 0.308 e. The van der Waals surface area contributed by atoms with Gasteiger partial charge < -0.3 is 10.4 Å². The van der Waals surface area contributed by atoms with Gasteiger partial charge >= 0.3 is 5.97 Å². The first-order valence-electron chi connectivity index (χ1n) is 7.79. The molecule has 6 nitrogen and oxygen atoms in total. The molecule has 2 N–H and O–H groups in total. The Hall–Kier alpha value is -1.11. The van der Waals surface area contributed by atoms with Gasteiger partial charge in [0.05, 0.1) is 10.7 Å². The van der Waals surface area contributed by atoms with Crippen molar-refractivity contribution >= 4 is 21.7 Å². The molecule has 1 aliphatic carbocycles. The van der Waals surface area contributed by atoms with Crippen LogP contribution in [0.1, 0.15) is 59.3 Å². The lowest BCUT2D eigenvalue weighted by Crippen LogP contribution is -2.47. The number of aliphatic carboxylic acids is 1. The molecule has 128 valence electrons. The van der Waals surface area contributed by atoms with Crippen LogP contribution in [0.3, 0.4) is 0 Å². The molecule has 0 saturated heterocycles. The van der Waals surface area contributed by atoms with Gasteiger partial charge in [-0.2, -0.15) is 0 Å². The summed E-state index contributed by atoms with van der Waals surface area (Å²) in [5.74, 6) is -2.77. The second-order valence-corrected chi connectivity index (χ2v) is 9.72. The Kier molecular flexibility index (Phi) is 6.40. The van der Waals surface area contributed by atoms with Crippen molar-refractivity contribution in [2.24, 2.45) is 5.92 Å². The van der Waals surface area contributed by atoms with E-state index in [1.807, 2.05) is 0 Å². The minimum atomic E-state index is -3.56. The van der Waals surface area contributed by atoms with Crippen LogP contribution in [-0.4, -0.2) is 41.9 Å². The first-order valence-corrected chi connectivity index (χ1v) is 9.44. The topological polar surface area (TPSA) is 101 Å². The normalized spacial score (nSPS) is 24.1. The number of carbonyl (C=O) groups excluding carboxylic acids is 1. The average Bonchev–Trinajstić information content (AvgIpc) is 2.30. The van der Waals surface area contributed by atoms with Gasteiger partial charge in [0, 0.05) is 6.04 Å². The van der Waals surface area contributed by atoms with Gasteiger partial charge in [0.15, 0.2) is 9.84 Å². The molecule has 2 unspecified atom stereocenters. The molecule has 2 atom stereocenters. The molecule has 0 bridgehead atoms. The zero-order valence-electron chi connectivity index (χ0n) is 13.6. The fourth-order valence-electron chi connectivity index (χ4n) is 2.59. The van der Waals surface area contributed by atoms with Crippen molar-refractivity contribution in [2.75, 3.05) is 5.75 Å². The van der Waals surface area contributed by atoms with Gasteiger partial charge in [-0.05, 0) is 33.6 Å². The number of hydrogen-bond donors (Lipinski definition) is 2. The lowest BCUT2D eigenvalue weighted by atomic mass is 9.87. The van der Waals surface area contributed by atoms with Gasteiger partial charge in [0.1, 0.15) is 5.75 Å². The summed E-state index contributed by atoms with van der Waals surface area (Å²) < 4.78 is 23.1. The van der Waals surface area contributed by atoms with E-state index in [9.17, 15) is 23.1 Å². The SMILES string of the molecule is CC(C)(C)S(=O)(=O)CC(=O)NC1CCCCCCC1C(=O)O. The fraction of sp³-hybridized carbons (Fsp3) is 0.867. The zero-order chi connectivity index (χ0) is 17.0. The number of sulfone groups is 1. The van der Waals surface area contributed by atoms with Gasteiger partial charge in [0.2, 0.25) is 5.91 Å². The summed E-state index contributed by atoms with van der Waals surface area (Å²) in [6.07, 6.45) is 4.79. The van der Waals surface area contributed by atoms with E-state index >= 15 is 0 Å². The Morgan fingerprint density at radius 1 is 1.09 bits per heavy atom. The number of carboxylic acid groups (broad SMARTS) is 1. The van der Waals surface area contributed by atoms with E-state index in [0.717, 1.165) is 25.7 Å². The predicted molar refractivity (Wildman–Crippen MR) is 84.3 cm³/mol. The monoisotopic (exact) mass is 333 g/mol. The van der Waals surface area contributed by atoms with Crippen molar-refractivity contribution < 1.29 is 23.1 Å². The summed E-state index contributed by atoms with van der Waals surface area (Å²) in [6, 6.07) is -0.486. The molecule has 1 saturated carbocycles. The maximum Gasteiger partial charge on any atom is 0.308 e. The van der Waals surface area contributed by atoms with Crippen LogP contribution in [-0.2, 0) is 19.4 Å². The molecule has 1 amide bonds. The van der Waals surface area contributed by atoms with Crippen LogP contribution in [0.15, 0.2) is 0 Å². The highest BCUT2D eigenvalue weighted by atomic mass is 32.2. The molecule has 0 heterocycles. The average molecular weight is 333 g/mol. The van der Waals surface area contributed by atoms with E-state index in [-0.39, 0.29) is 0 Å². The third-order valence-electron chi connectivity index (χ3n) is 4.18. The lowest BCUT2D eigenvalue weighted by Gasteiger charge is -2.28. The van der Waals surface area contributed by atoms with Gasteiger partial charge in [-0.25, -0.2) is 8.42 Å². The molecule has 1 aliphatic rings. The van der Waals surface area contributed by atoms with Crippen LogP contribution in [0.4, 0.5) is 0 Å². The maximum atomic E-state index is 12.1. The summed E-state index contributed by atoms with van der Waals surface area (Å²) in [7, 11) is -3.56. The number of nitrogens with one attached hydrogen (secondary N) is 1. The van der Waals surface area contributed by atoms with E-state index < -0.39 is 44.2 Å². The second kappa shape index (κ2) is 7.44. The molecular formula is C15H27NO5S. The Labute approximate surface area is 132 Å². The summed E-state index contributed by atoms with van der Waals surface area (Å²) in [4.78, 5) is 23.4. The van der Waals surface area contributed by atoms with E-state index in [4.69, 9.17) is 0 Å². The molecule has 1 rings (SSSR count). The van der Waals surface area contributed by atoms with E-state index in [0.29, 0.717) is 12.8 Å². The quantitative estimate of drug-likeness (QED) is 0.816. The molecule has 22 heavy (non-hydrogen) atoms. The summed E-state index contributed by atoms with van der Waals surface area (Å²) in [6.45, 7) is 4.64. The molecule has 7 heteroatoms. The fourth-order valence-corrected chi connectivity index (χ4v) is 3.45. The van der Waals surface area contributed by atoms with E-state index in [1.54, 1.807) is 20.8 Å². The number of amides is 1. The second-order valence-electron chi connectivity index (χ2n) is 6.98. The van der Waals surface area contributed by atoms with Crippen molar-refractivity contribution in [1.82, 2.24) is 5.32 Å². The Morgan fingerprint density at radius 3 is 2.14 bits per heavy atom. The highest BCUT2D eigenvalue weighted by Crippen LogP contribution is 2.23. The van der Waals surface area contributed by atoms with Crippen LogP contribution in [0.25, 0.3) is 0 Å². The molecule has 0 aromatic carbocycles. The standard InChI is InChI=1S/C15H27NO5S/c1-15(2,3)22(20,21)10-13(17)16-12-9-7-5-4-6-8-11(12)14(18)19/h11-12H,4-10H2,1-3H3,(H,16,17)(H,18,19). The number of carboxylic acids is 1. The van der Waals surface area contributed by atoms with Gasteiger partial charge in [-0.15, -0.1) is 0 Å². The van der Waals surface area contributed by atoms with Crippen LogP contribution >= 0.6 is 0 Å². The van der Waals surface area contributed by atoms with Crippen molar-refractivity contribution in [2.45, 2.75) is 70.1 Å². The Balaban J connectivity index is 2.76. The minimum absolute atomic E-state index is 0.486. The summed E-state index contributed by atoms with van der Waals surface area (Å²) >= 11 is 0. The molecule has 1 fully saturated rings. The first-order chi connectivity index (χ1) is 10.0. The van der Waals surface area contributed by atoms with Gasteiger partial charge in [0.25, 0.3) is 0 Å². The van der Waals surface area contributed by atoms with Crippen molar-refractivity contribution in [1.29, 1.82) is 0 Å². The molecular weight excluding hydrogens is 306 g/mol. The number of hydrogen-bond acceptors (Lipinski definition) is 4. The maximum absolute atomic E-state index is 12.1. The van der Waals surface area contributed by atoms with E-state index in [2.05, 4.69) is 5.32 Å². The lowest BCUT2D eigenvalue weighted by molar-refractivity contribution is -0.143. The Bertz CT molecular complexity index is 507. The van der Waals surface area contributed by atoms with Crippen LogP contribution < -0.4 is 5.32 Å². The zero-order valence-corrected chi connectivity index (χ0v) is 14.4. The van der Waals surface area contributed by atoms with Crippen LogP contribution in [0.5, 0.6) is 0 Å². The molecule has 0 aromatic heterocycles. The number of rotatable bonds is 4. The van der Waals surface area contributed by atoms with Gasteiger partial charge in [-0.1, -0.05) is 25.7 Å². The van der Waals surface area contributed by atoms with Crippen molar-refractivity contribution in [3.63, 3.8) is 0 Å². The minimum Gasteiger partial charge on any atom is -0.481 e. The third kappa shape index (κ3) is 5.26. The van der Waals surface area contributed by atoms with Crippen LogP contribution in [0, 0.1) is 5.92 Å². The largest absolute Gasteiger partial charge is 0.481 e. The molecule has 0 spiro atoms.